The van der Waals surface area contributed by atoms with Crippen molar-refractivity contribution in [3.8, 4) is 0 Å². The molecule has 0 saturated carbocycles. The largest absolute Gasteiger partial charge is 0.480 e. The average Bonchev–Trinajstić information content (AvgIpc) is 2.85. The van der Waals surface area contributed by atoms with Crippen LogP contribution in [0.5, 0.6) is 0 Å². The Morgan fingerprint density at radius 2 is 1.91 bits per heavy atom. The normalized spacial score (nSPS) is 19.2. The van der Waals surface area contributed by atoms with Crippen molar-refractivity contribution in [2.24, 2.45) is 0 Å². The summed E-state index contributed by atoms with van der Waals surface area (Å²) in [7, 11) is -3.93. The zero-order valence-electron chi connectivity index (χ0n) is 11.8. The summed E-state index contributed by atoms with van der Waals surface area (Å²) in [6.07, 6.45) is 1.21. The maximum atomic E-state index is 12.8. The molecular weight excluding hydrogens is 389 g/mol. The molecule has 1 N–H and O–H groups in total. The molecule has 1 aromatic carbocycles. The summed E-state index contributed by atoms with van der Waals surface area (Å²) in [6, 6.07) is 2.17. The van der Waals surface area contributed by atoms with Crippen LogP contribution < -0.4 is 0 Å². The number of carbonyl (C=O) groups is 1. The smallest absolute Gasteiger partial charge is 0.329 e. The molecule has 1 unspecified atom stereocenters. The van der Waals surface area contributed by atoms with Crippen molar-refractivity contribution in [1.29, 1.82) is 0 Å². The highest BCUT2D eigenvalue weighted by atomic mass is 35.5. The van der Waals surface area contributed by atoms with Gasteiger partial charge >= 0.3 is 5.97 Å². The Labute approximate surface area is 148 Å². The minimum Gasteiger partial charge on any atom is -0.480 e. The number of nitrogens with zero attached hydrogens (tertiary/aromatic N) is 1. The molecular formula is C13H14Cl3NO5S. The van der Waals surface area contributed by atoms with Gasteiger partial charge in [-0.15, -0.1) is 0 Å². The molecule has 1 fully saturated rings. The lowest BCUT2D eigenvalue weighted by atomic mass is 10.2. The predicted octanol–water partition coefficient (Wildman–Crippen LogP) is 2.90. The third-order valence-electron chi connectivity index (χ3n) is 3.39. The van der Waals surface area contributed by atoms with Crippen LogP contribution in [-0.4, -0.2) is 49.6 Å². The molecule has 128 valence electrons. The molecule has 6 nitrogen and oxygen atoms in total. The lowest BCUT2D eigenvalue weighted by Gasteiger charge is -2.24. The van der Waals surface area contributed by atoms with Crippen LogP contribution in [0.1, 0.15) is 12.8 Å². The van der Waals surface area contributed by atoms with Crippen LogP contribution in [0.4, 0.5) is 0 Å². The number of carboxylic acid groups (broad SMARTS) is 1. The highest BCUT2D eigenvalue weighted by Gasteiger charge is 2.37. The molecule has 0 radical (unpaired) electrons. The molecule has 1 saturated heterocycles. The van der Waals surface area contributed by atoms with E-state index in [9.17, 15) is 13.2 Å². The summed E-state index contributed by atoms with van der Waals surface area (Å²) >= 11 is 17.8. The fraction of sp³-hybridized carbons (Fsp3) is 0.462. The first-order valence-corrected chi connectivity index (χ1v) is 9.27. The van der Waals surface area contributed by atoms with Crippen molar-refractivity contribution in [3.63, 3.8) is 0 Å². The molecule has 1 aliphatic rings. The summed E-state index contributed by atoms with van der Waals surface area (Å²) in [5.74, 6) is -1.11. The number of carboxylic acids is 1. The standard InChI is InChI=1S/C13H14Cl3NO5S/c14-8-4-10(15)13(11(16)5-8)23(20,21)17-3-1-2-9(17)6-22-7-12(18)19/h4-5,9H,1-3,6-7H2,(H,18,19). The number of benzene rings is 1. The van der Waals surface area contributed by atoms with E-state index in [0.717, 1.165) is 0 Å². The second kappa shape index (κ2) is 7.55. The van der Waals surface area contributed by atoms with Crippen molar-refractivity contribution in [1.82, 2.24) is 4.31 Å². The number of sulfonamides is 1. The van der Waals surface area contributed by atoms with Crippen LogP contribution in [-0.2, 0) is 19.6 Å². The summed E-state index contributed by atoms with van der Waals surface area (Å²) < 4.78 is 31.9. The fourth-order valence-corrected chi connectivity index (χ4v) is 5.64. The molecule has 0 aromatic heterocycles. The number of rotatable bonds is 6. The number of ether oxygens (including phenoxy) is 1. The van der Waals surface area contributed by atoms with Crippen LogP contribution in [0.3, 0.4) is 0 Å². The Hall–Kier alpha value is -0.570. The van der Waals surface area contributed by atoms with E-state index < -0.39 is 28.6 Å². The Morgan fingerprint density at radius 1 is 1.30 bits per heavy atom. The number of aliphatic carboxylic acids is 1. The zero-order chi connectivity index (χ0) is 17.2. The van der Waals surface area contributed by atoms with Gasteiger partial charge in [0.25, 0.3) is 0 Å². The van der Waals surface area contributed by atoms with Gasteiger partial charge in [0.1, 0.15) is 11.5 Å². The van der Waals surface area contributed by atoms with Crippen LogP contribution in [0.25, 0.3) is 0 Å². The first kappa shape index (κ1) is 18.8. The quantitative estimate of drug-likeness (QED) is 0.791. The molecule has 1 atom stereocenters. The second-order valence-electron chi connectivity index (χ2n) is 5.02. The Morgan fingerprint density at radius 3 is 2.48 bits per heavy atom. The molecule has 0 bridgehead atoms. The van der Waals surface area contributed by atoms with Gasteiger partial charge in [-0.25, -0.2) is 13.2 Å². The maximum Gasteiger partial charge on any atom is 0.329 e. The van der Waals surface area contributed by atoms with Gasteiger partial charge in [-0.05, 0) is 25.0 Å². The summed E-state index contributed by atoms with van der Waals surface area (Å²) in [5, 5.41) is 8.71. The van der Waals surface area contributed by atoms with Crippen molar-refractivity contribution in [3.05, 3.63) is 27.2 Å². The van der Waals surface area contributed by atoms with Crippen LogP contribution in [0, 0.1) is 0 Å². The third kappa shape index (κ3) is 4.29. The van der Waals surface area contributed by atoms with E-state index in [1.54, 1.807) is 0 Å². The number of hydrogen-bond acceptors (Lipinski definition) is 4. The van der Waals surface area contributed by atoms with Crippen molar-refractivity contribution in [2.75, 3.05) is 19.8 Å². The molecule has 23 heavy (non-hydrogen) atoms. The van der Waals surface area contributed by atoms with Gasteiger partial charge in [-0.2, -0.15) is 4.31 Å². The minimum atomic E-state index is -3.93. The first-order chi connectivity index (χ1) is 10.7. The van der Waals surface area contributed by atoms with E-state index in [1.807, 2.05) is 0 Å². The molecule has 1 heterocycles. The van der Waals surface area contributed by atoms with E-state index in [2.05, 4.69) is 0 Å². The second-order valence-corrected chi connectivity index (χ2v) is 8.10. The molecule has 2 rings (SSSR count). The van der Waals surface area contributed by atoms with Gasteiger partial charge in [-0.1, -0.05) is 34.8 Å². The van der Waals surface area contributed by atoms with E-state index in [4.69, 9.17) is 44.6 Å². The van der Waals surface area contributed by atoms with Gasteiger partial charge in [-0.3, -0.25) is 0 Å². The zero-order valence-corrected chi connectivity index (χ0v) is 14.9. The molecule has 1 aromatic rings. The maximum absolute atomic E-state index is 12.8. The van der Waals surface area contributed by atoms with E-state index in [-0.39, 0.29) is 26.6 Å². The summed E-state index contributed by atoms with van der Waals surface area (Å²) in [6.45, 7) is -0.195. The Balaban J connectivity index is 2.26. The highest BCUT2D eigenvalue weighted by Crippen LogP contribution is 2.37. The monoisotopic (exact) mass is 401 g/mol. The average molecular weight is 403 g/mol. The summed E-state index contributed by atoms with van der Waals surface area (Å²) in [4.78, 5) is 10.3. The van der Waals surface area contributed by atoms with Gasteiger partial charge in [0.2, 0.25) is 10.0 Å². The molecule has 0 aliphatic carbocycles. The first-order valence-electron chi connectivity index (χ1n) is 6.69. The highest BCUT2D eigenvalue weighted by molar-refractivity contribution is 7.89. The lowest BCUT2D eigenvalue weighted by Crippen LogP contribution is -2.38. The number of hydrogen-bond donors (Lipinski definition) is 1. The summed E-state index contributed by atoms with van der Waals surface area (Å²) in [5.41, 5.74) is 0. The van der Waals surface area contributed by atoms with Gasteiger partial charge in [0.05, 0.1) is 16.7 Å². The van der Waals surface area contributed by atoms with Crippen LogP contribution in [0.15, 0.2) is 17.0 Å². The van der Waals surface area contributed by atoms with E-state index >= 15 is 0 Å². The van der Waals surface area contributed by atoms with Gasteiger partial charge < -0.3 is 9.84 Å². The van der Waals surface area contributed by atoms with Crippen molar-refractivity contribution in [2.45, 2.75) is 23.8 Å². The van der Waals surface area contributed by atoms with Crippen molar-refractivity contribution >= 4 is 50.8 Å². The molecule has 10 heteroatoms. The predicted molar refractivity (Wildman–Crippen MR) is 86.8 cm³/mol. The fourth-order valence-electron chi connectivity index (χ4n) is 2.47. The lowest BCUT2D eigenvalue weighted by molar-refractivity contribution is -0.142. The van der Waals surface area contributed by atoms with Crippen molar-refractivity contribution < 1.29 is 23.1 Å². The topological polar surface area (TPSA) is 83.9 Å². The van der Waals surface area contributed by atoms with E-state index in [0.29, 0.717) is 19.4 Å². The Kier molecular flexibility index (Phi) is 6.16. The Bertz CT molecular complexity index is 687. The van der Waals surface area contributed by atoms with Crippen LogP contribution in [0.2, 0.25) is 15.1 Å². The minimum absolute atomic E-state index is 0.00560. The molecule has 1 aliphatic heterocycles. The van der Waals surface area contributed by atoms with Gasteiger partial charge in [0, 0.05) is 17.6 Å². The van der Waals surface area contributed by atoms with Crippen LogP contribution >= 0.6 is 34.8 Å². The van der Waals surface area contributed by atoms with Gasteiger partial charge in [0.15, 0.2) is 0 Å². The SMILES string of the molecule is O=C(O)COCC1CCCN1S(=O)(=O)c1c(Cl)cc(Cl)cc1Cl. The third-order valence-corrected chi connectivity index (χ3v) is 6.48. The molecule has 0 spiro atoms. The number of halogens is 3. The van der Waals surface area contributed by atoms with E-state index in [1.165, 1.54) is 16.4 Å². The molecule has 0 amide bonds.